The second-order valence-electron chi connectivity index (χ2n) is 8.63. The highest BCUT2D eigenvalue weighted by Crippen LogP contribution is 2.35. The third-order valence-electron chi connectivity index (χ3n) is 5.76. The fraction of sp³-hybridized carbons (Fsp3) is 0.800. The molecule has 0 aromatic heterocycles. The lowest BCUT2D eigenvalue weighted by Gasteiger charge is -2.47. The first-order valence-electron chi connectivity index (χ1n) is 11.7. The summed E-state index contributed by atoms with van der Waals surface area (Å²) in [6.45, 7) is 3.71. The second kappa shape index (κ2) is 14.7. The normalized spacial score (nSPS) is 33.0. The van der Waals surface area contributed by atoms with Crippen LogP contribution in [0.25, 0.3) is 31.3 Å². The van der Waals surface area contributed by atoms with Crippen LogP contribution in [0.5, 0.6) is 0 Å². The van der Waals surface area contributed by atoms with E-state index >= 15 is 0 Å². The van der Waals surface area contributed by atoms with E-state index in [9.17, 15) is 29.8 Å². The van der Waals surface area contributed by atoms with Crippen molar-refractivity contribution in [2.24, 2.45) is 15.3 Å². The third-order valence-corrected chi connectivity index (χ3v) is 5.76. The van der Waals surface area contributed by atoms with Crippen molar-refractivity contribution in [2.45, 2.75) is 95.2 Å². The van der Waals surface area contributed by atoms with Gasteiger partial charge in [0.05, 0.1) is 18.2 Å². The lowest BCUT2D eigenvalue weighted by molar-refractivity contribution is -0.298. The molecule has 40 heavy (non-hydrogen) atoms. The Morgan fingerprint density at radius 3 is 1.77 bits per heavy atom. The summed E-state index contributed by atoms with van der Waals surface area (Å²) in [5.41, 5.74) is 27.3. The highest BCUT2D eigenvalue weighted by molar-refractivity contribution is 5.68. The number of hydrogen-bond donors (Lipinski definition) is 1. The van der Waals surface area contributed by atoms with Crippen LogP contribution in [0.2, 0.25) is 0 Å². The van der Waals surface area contributed by atoms with E-state index in [2.05, 4.69) is 30.1 Å². The van der Waals surface area contributed by atoms with E-state index in [1.165, 1.54) is 0 Å². The maximum atomic E-state index is 11.9. The van der Waals surface area contributed by atoms with Crippen molar-refractivity contribution in [1.29, 1.82) is 0 Å². The first-order valence-corrected chi connectivity index (χ1v) is 11.7. The van der Waals surface area contributed by atoms with Gasteiger partial charge in [0, 0.05) is 42.4 Å². The van der Waals surface area contributed by atoms with Crippen LogP contribution in [0.15, 0.2) is 15.3 Å². The summed E-state index contributed by atoms with van der Waals surface area (Å²) < 4.78 is 32.4. The molecule has 2 rings (SSSR count). The van der Waals surface area contributed by atoms with Gasteiger partial charge in [0.1, 0.15) is 31.0 Å². The number of azide groups is 3. The van der Waals surface area contributed by atoms with Crippen molar-refractivity contribution in [3.63, 3.8) is 0 Å². The number of nitrogens with zero attached hydrogens (tertiary/aromatic N) is 9. The van der Waals surface area contributed by atoms with E-state index in [0.29, 0.717) is 0 Å². The first kappa shape index (κ1) is 31.9. The molecule has 4 unspecified atom stereocenters. The fourth-order valence-electron chi connectivity index (χ4n) is 4.36. The molecule has 1 saturated heterocycles. The van der Waals surface area contributed by atoms with Crippen LogP contribution >= 0.6 is 0 Å². The van der Waals surface area contributed by atoms with Crippen LogP contribution in [0.3, 0.4) is 0 Å². The summed E-state index contributed by atoms with van der Waals surface area (Å²) in [4.78, 5) is 55.1. The number of aliphatic hydroxyl groups excluding tert-OH is 1. The summed E-state index contributed by atoms with van der Waals surface area (Å²) in [6, 6.07) is -3.95. The average Bonchev–Trinajstić information content (AvgIpc) is 2.85. The molecule has 0 spiro atoms. The Labute approximate surface area is 225 Å². The highest BCUT2D eigenvalue weighted by atomic mass is 16.7. The number of ether oxygens (including phenoxy) is 6. The zero-order valence-electron chi connectivity index (χ0n) is 21.7. The van der Waals surface area contributed by atoms with Gasteiger partial charge < -0.3 is 33.5 Å². The van der Waals surface area contributed by atoms with Crippen molar-refractivity contribution in [2.75, 3.05) is 6.61 Å². The van der Waals surface area contributed by atoms with Crippen LogP contribution in [-0.2, 0) is 47.6 Å². The summed E-state index contributed by atoms with van der Waals surface area (Å²) in [5, 5.41) is 21.8. The van der Waals surface area contributed by atoms with Crippen LogP contribution in [0, 0.1) is 0 Å². The Bertz CT molecular complexity index is 1120. The Morgan fingerprint density at radius 1 is 0.775 bits per heavy atom. The Hall–Kier alpha value is -4.31. The van der Waals surface area contributed by atoms with Crippen molar-refractivity contribution < 1.29 is 52.7 Å². The van der Waals surface area contributed by atoms with Gasteiger partial charge in [-0.15, -0.1) is 0 Å². The Kier molecular flexibility index (Phi) is 11.8. The quantitative estimate of drug-likeness (QED) is 0.128. The molecule has 0 aromatic carbocycles. The van der Waals surface area contributed by atoms with Gasteiger partial charge in [0.15, 0.2) is 18.5 Å². The van der Waals surface area contributed by atoms with E-state index in [1.54, 1.807) is 0 Å². The Morgan fingerprint density at radius 2 is 1.27 bits per heavy atom. The predicted molar refractivity (Wildman–Crippen MR) is 126 cm³/mol. The third kappa shape index (κ3) is 8.34. The van der Waals surface area contributed by atoms with Gasteiger partial charge in [-0.3, -0.25) is 19.2 Å². The van der Waals surface area contributed by atoms with Crippen LogP contribution in [0.1, 0.15) is 34.1 Å². The van der Waals surface area contributed by atoms with Crippen molar-refractivity contribution in [3.8, 4) is 0 Å². The second-order valence-corrected chi connectivity index (χ2v) is 8.63. The molecule has 1 aliphatic carbocycles. The van der Waals surface area contributed by atoms with E-state index < -0.39 is 91.5 Å². The van der Waals surface area contributed by atoms with Crippen molar-refractivity contribution in [3.05, 3.63) is 31.3 Å². The molecule has 1 N–H and O–H groups in total. The minimum Gasteiger partial charge on any atom is -0.463 e. The zero-order chi connectivity index (χ0) is 30.0. The van der Waals surface area contributed by atoms with Crippen LogP contribution < -0.4 is 0 Å². The molecule has 1 saturated carbocycles. The summed E-state index contributed by atoms with van der Waals surface area (Å²) >= 11 is 0. The number of carbonyl (C=O) groups excluding carboxylic acids is 4. The van der Waals surface area contributed by atoms with Gasteiger partial charge in [0.2, 0.25) is 0 Å². The summed E-state index contributed by atoms with van der Waals surface area (Å²) in [7, 11) is 0. The van der Waals surface area contributed by atoms with Gasteiger partial charge in [0.25, 0.3) is 0 Å². The average molecular weight is 569 g/mol. The Balaban J connectivity index is 2.56. The summed E-state index contributed by atoms with van der Waals surface area (Å²) in [6.07, 6.45) is -11.0. The summed E-state index contributed by atoms with van der Waals surface area (Å²) in [5.74, 6) is -3.27. The van der Waals surface area contributed by atoms with Crippen molar-refractivity contribution >= 4 is 23.9 Å². The lowest BCUT2D eigenvalue weighted by atomic mass is 9.84. The largest absolute Gasteiger partial charge is 0.463 e. The SMILES string of the molecule is CC(=O)OCC1O[C@@H](O[C@H]2C(N=[N+]=[N-])C[C@@H](N=[N+]=[N-])C(OC(C)=O)[C@H]2O)C(N=[N+]=[N-])[C@@H](OC(C)=O)[C@H]1OC(C)=O. The smallest absolute Gasteiger partial charge is 0.303 e. The highest BCUT2D eigenvalue weighted by Gasteiger charge is 2.54. The number of rotatable bonds is 10. The molecule has 2 aliphatic rings. The molecule has 0 radical (unpaired) electrons. The molecule has 2 fully saturated rings. The molecule has 20 heteroatoms. The number of aliphatic hydroxyl groups is 1. The molecule has 1 heterocycles. The molecular formula is C20H27N9O11. The van der Waals surface area contributed by atoms with Gasteiger partial charge in [-0.05, 0) is 23.0 Å². The standard InChI is InChI=1S/C20H27N9O11/c1-7(30)35-6-13-18(37-9(3)32)19(38-10(4)33)14(26-29-23)20(39-13)40-17-12(25-28-22)5-11(24-27-21)16(15(17)34)36-8(2)31/h11-20,34H,5-6H2,1-4H3/t11-,12?,13?,14?,15-,16?,17+,18+,19-,20+/m1/s1. The molecule has 218 valence electrons. The van der Waals surface area contributed by atoms with E-state index in [4.69, 9.17) is 39.5 Å². The number of carbonyl (C=O) groups is 4. The topological polar surface area (TPSA) is 290 Å². The van der Waals surface area contributed by atoms with Crippen LogP contribution in [0.4, 0.5) is 0 Å². The molecule has 0 aromatic rings. The molecule has 10 atom stereocenters. The maximum absolute atomic E-state index is 11.9. The van der Waals surface area contributed by atoms with E-state index in [-0.39, 0.29) is 6.42 Å². The van der Waals surface area contributed by atoms with Gasteiger partial charge in [-0.25, -0.2) is 0 Å². The monoisotopic (exact) mass is 569 g/mol. The predicted octanol–water partition coefficient (Wildman–Crippen LogP) is 1.26. The molecule has 20 nitrogen and oxygen atoms in total. The number of esters is 4. The molecule has 0 bridgehead atoms. The first-order chi connectivity index (χ1) is 18.9. The minimum atomic E-state index is -1.77. The van der Waals surface area contributed by atoms with Gasteiger partial charge >= 0.3 is 23.9 Å². The number of hydrogen-bond acceptors (Lipinski definition) is 14. The van der Waals surface area contributed by atoms with Crippen molar-refractivity contribution in [1.82, 2.24) is 0 Å². The van der Waals surface area contributed by atoms with E-state index in [1.807, 2.05) is 0 Å². The van der Waals surface area contributed by atoms with E-state index in [0.717, 1.165) is 27.7 Å². The molecule has 0 amide bonds. The lowest BCUT2D eigenvalue weighted by Crippen LogP contribution is -2.64. The molecule has 1 aliphatic heterocycles. The van der Waals surface area contributed by atoms with Gasteiger partial charge in [-0.2, -0.15) is 0 Å². The zero-order valence-corrected chi connectivity index (χ0v) is 21.7. The minimum absolute atomic E-state index is 0.243. The van der Waals surface area contributed by atoms with Crippen LogP contribution in [-0.4, -0.2) is 96.6 Å². The fourth-order valence-corrected chi connectivity index (χ4v) is 4.36. The maximum Gasteiger partial charge on any atom is 0.303 e. The van der Waals surface area contributed by atoms with Gasteiger partial charge in [-0.1, -0.05) is 15.3 Å². The molecular weight excluding hydrogens is 542 g/mol.